The maximum Gasteiger partial charge on any atom is 0.352 e. The maximum atomic E-state index is 12.1. The first-order chi connectivity index (χ1) is 11.1. The van der Waals surface area contributed by atoms with Crippen molar-refractivity contribution in [3.63, 3.8) is 0 Å². The van der Waals surface area contributed by atoms with Gasteiger partial charge in [0.1, 0.15) is 5.70 Å². The van der Waals surface area contributed by atoms with E-state index < -0.39 is 11.9 Å². The summed E-state index contributed by atoms with van der Waals surface area (Å²) in [6.07, 6.45) is 4.69. The Morgan fingerprint density at radius 2 is 1.78 bits per heavy atom. The number of allylic oxidation sites excluding steroid dienone is 2. The highest BCUT2D eigenvalue weighted by molar-refractivity contribution is 9.10. The molecule has 2 aromatic carbocycles. The average molecular weight is 372 g/mol. The van der Waals surface area contributed by atoms with Gasteiger partial charge in [0.15, 0.2) is 0 Å². The van der Waals surface area contributed by atoms with E-state index in [1.165, 1.54) is 6.08 Å². The highest BCUT2D eigenvalue weighted by atomic mass is 79.9. The number of nitrogens with one attached hydrogen (secondary N) is 1. The Morgan fingerprint density at radius 3 is 2.43 bits per heavy atom. The molecule has 0 heterocycles. The molecule has 0 aromatic heterocycles. The smallest absolute Gasteiger partial charge is 0.352 e. The summed E-state index contributed by atoms with van der Waals surface area (Å²) in [6.45, 7) is 0. The number of aliphatic carboxylic acids is 1. The van der Waals surface area contributed by atoms with Crippen molar-refractivity contribution in [3.8, 4) is 0 Å². The molecule has 4 nitrogen and oxygen atoms in total. The van der Waals surface area contributed by atoms with E-state index in [-0.39, 0.29) is 5.70 Å². The highest BCUT2D eigenvalue weighted by Crippen LogP contribution is 2.12. The van der Waals surface area contributed by atoms with Crippen molar-refractivity contribution >= 4 is 33.9 Å². The fraction of sp³-hybridized carbons (Fsp3) is 0. The largest absolute Gasteiger partial charge is 0.477 e. The fourth-order valence-electron chi connectivity index (χ4n) is 1.81. The third-order valence-corrected chi connectivity index (χ3v) is 3.41. The van der Waals surface area contributed by atoms with Crippen molar-refractivity contribution in [2.24, 2.45) is 0 Å². The molecule has 2 aromatic rings. The first kappa shape index (κ1) is 16.7. The van der Waals surface area contributed by atoms with Crippen molar-refractivity contribution in [1.29, 1.82) is 0 Å². The summed E-state index contributed by atoms with van der Waals surface area (Å²) >= 11 is 3.27. The van der Waals surface area contributed by atoms with Gasteiger partial charge < -0.3 is 10.4 Å². The fourth-order valence-corrected chi connectivity index (χ4v) is 2.21. The molecular formula is C18H14BrNO3. The van der Waals surface area contributed by atoms with Gasteiger partial charge in [-0.1, -0.05) is 64.5 Å². The molecule has 0 saturated heterocycles. The standard InChI is InChI=1S/C18H14BrNO3/c19-15-10-5-9-14(12-15)17(21)20-16(18(22)23)11-4-8-13-6-2-1-3-7-13/h1-12H,(H,20,21)(H,22,23)/b8-4+,16-11-. The zero-order valence-corrected chi connectivity index (χ0v) is 13.7. The Hall–Kier alpha value is -2.66. The molecule has 2 rings (SSSR count). The minimum Gasteiger partial charge on any atom is -0.477 e. The molecule has 0 spiro atoms. The van der Waals surface area contributed by atoms with E-state index in [9.17, 15) is 14.7 Å². The monoisotopic (exact) mass is 371 g/mol. The van der Waals surface area contributed by atoms with E-state index in [4.69, 9.17) is 0 Å². The molecule has 0 radical (unpaired) electrons. The quantitative estimate of drug-likeness (QED) is 0.619. The molecule has 0 saturated carbocycles. The minimum absolute atomic E-state index is 0.192. The van der Waals surface area contributed by atoms with Gasteiger partial charge in [-0.15, -0.1) is 0 Å². The minimum atomic E-state index is -1.20. The Bertz CT molecular complexity index is 767. The molecule has 0 aliphatic rings. The summed E-state index contributed by atoms with van der Waals surface area (Å²) in [7, 11) is 0. The van der Waals surface area contributed by atoms with Gasteiger partial charge in [-0.05, 0) is 29.8 Å². The third kappa shape index (κ3) is 5.23. The number of carboxylic acid groups (broad SMARTS) is 1. The van der Waals surface area contributed by atoms with Gasteiger partial charge in [0, 0.05) is 10.0 Å². The molecule has 0 aliphatic carbocycles. The molecule has 2 N–H and O–H groups in total. The topological polar surface area (TPSA) is 66.4 Å². The van der Waals surface area contributed by atoms with E-state index in [1.54, 1.807) is 36.4 Å². The number of carbonyl (C=O) groups is 2. The van der Waals surface area contributed by atoms with Crippen LogP contribution in [0.1, 0.15) is 15.9 Å². The molecule has 23 heavy (non-hydrogen) atoms. The van der Waals surface area contributed by atoms with Crippen LogP contribution in [-0.2, 0) is 4.79 Å². The summed E-state index contributed by atoms with van der Waals surface area (Å²) in [4.78, 5) is 23.3. The number of amides is 1. The summed E-state index contributed by atoms with van der Waals surface area (Å²) in [5.74, 6) is -1.68. The number of hydrogen-bond acceptors (Lipinski definition) is 2. The van der Waals surface area contributed by atoms with E-state index in [0.29, 0.717) is 5.56 Å². The van der Waals surface area contributed by atoms with Crippen molar-refractivity contribution in [2.45, 2.75) is 0 Å². The van der Waals surface area contributed by atoms with E-state index in [2.05, 4.69) is 21.2 Å². The van der Waals surface area contributed by atoms with Crippen molar-refractivity contribution in [1.82, 2.24) is 5.32 Å². The highest BCUT2D eigenvalue weighted by Gasteiger charge is 2.12. The van der Waals surface area contributed by atoms with Gasteiger partial charge in [0.25, 0.3) is 5.91 Å². The summed E-state index contributed by atoms with van der Waals surface area (Å²) < 4.78 is 0.745. The van der Waals surface area contributed by atoms with E-state index >= 15 is 0 Å². The Kier molecular flexibility index (Phi) is 5.88. The summed E-state index contributed by atoms with van der Waals surface area (Å²) in [5, 5.41) is 11.6. The Morgan fingerprint density at radius 1 is 1.04 bits per heavy atom. The van der Waals surface area contributed by atoms with E-state index in [1.807, 2.05) is 30.3 Å². The normalized spacial score (nSPS) is 11.4. The van der Waals surface area contributed by atoms with Crippen LogP contribution in [0.3, 0.4) is 0 Å². The predicted octanol–water partition coefficient (Wildman–Crippen LogP) is 3.86. The van der Waals surface area contributed by atoms with Crippen molar-refractivity contribution < 1.29 is 14.7 Å². The van der Waals surface area contributed by atoms with Gasteiger partial charge in [0.2, 0.25) is 0 Å². The van der Waals surface area contributed by atoms with Crippen molar-refractivity contribution in [2.75, 3.05) is 0 Å². The van der Waals surface area contributed by atoms with Crippen LogP contribution in [0.15, 0.2) is 76.9 Å². The van der Waals surface area contributed by atoms with Gasteiger partial charge in [0.05, 0.1) is 0 Å². The first-order valence-electron chi connectivity index (χ1n) is 6.80. The number of halogens is 1. The molecule has 5 heteroatoms. The third-order valence-electron chi connectivity index (χ3n) is 2.92. The number of rotatable bonds is 5. The van der Waals surface area contributed by atoms with Gasteiger partial charge in [-0.2, -0.15) is 0 Å². The molecule has 0 fully saturated rings. The van der Waals surface area contributed by atoms with Crippen LogP contribution in [0.5, 0.6) is 0 Å². The summed E-state index contributed by atoms with van der Waals surface area (Å²) in [6, 6.07) is 16.2. The zero-order valence-electron chi connectivity index (χ0n) is 12.1. The lowest BCUT2D eigenvalue weighted by Gasteiger charge is -2.05. The second kappa shape index (κ2) is 8.10. The molecule has 0 atom stereocenters. The predicted molar refractivity (Wildman–Crippen MR) is 92.8 cm³/mol. The van der Waals surface area contributed by atoms with Crippen LogP contribution in [0.4, 0.5) is 0 Å². The Labute approximate surface area is 142 Å². The van der Waals surface area contributed by atoms with Crippen LogP contribution in [-0.4, -0.2) is 17.0 Å². The lowest BCUT2D eigenvalue weighted by atomic mass is 10.2. The van der Waals surface area contributed by atoms with Gasteiger partial charge >= 0.3 is 5.97 Å². The summed E-state index contributed by atoms with van der Waals surface area (Å²) in [5.41, 5.74) is 1.12. The van der Waals surface area contributed by atoms with Crippen LogP contribution in [0.25, 0.3) is 6.08 Å². The number of carbonyl (C=O) groups excluding carboxylic acids is 1. The number of benzene rings is 2. The molecule has 0 aliphatic heterocycles. The van der Waals surface area contributed by atoms with Gasteiger partial charge in [-0.25, -0.2) is 4.79 Å². The average Bonchev–Trinajstić information content (AvgIpc) is 2.54. The second-order valence-corrected chi connectivity index (χ2v) is 5.54. The number of hydrogen-bond donors (Lipinski definition) is 2. The molecule has 0 bridgehead atoms. The molecule has 1 amide bonds. The second-order valence-electron chi connectivity index (χ2n) is 4.62. The zero-order chi connectivity index (χ0) is 16.7. The van der Waals surface area contributed by atoms with Crippen LogP contribution in [0.2, 0.25) is 0 Å². The Balaban J connectivity index is 2.12. The molecular weight excluding hydrogens is 358 g/mol. The molecule has 0 unspecified atom stereocenters. The SMILES string of the molecule is O=C(O)/C(=C/C=C/c1ccccc1)NC(=O)c1cccc(Br)c1. The van der Waals surface area contributed by atoms with Gasteiger partial charge in [-0.3, -0.25) is 4.79 Å². The van der Waals surface area contributed by atoms with Crippen molar-refractivity contribution in [3.05, 3.63) is 88.0 Å². The lowest BCUT2D eigenvalue weighted by Crippen LogP contribution is -2.27. The molecule has 116 valence electrons. The number of carboxylic acids is 1. The first-order valence-corrected chi connectivity index (χ1v) is 7.59. The lowest BCUT2D eigenvalue weighted by molar-refractivity contribution is -0.133. The van der Waals surface area contributed by atoms with Crippen LogP contribution in [0, 0.1) is 0 Å². The van der Waals surface area contributed by atoms with Crippen LogP contribution >= 0.6 is 15.9 Å². The van der Waals surface area contributed by atoms with Crippen LogP contribution < -0.4 is 5.32 Å². The maximum absolute atomic E-state index is 12.1. The van der Waals surface area contributed by atoms with E-state index in [0.717, 1.165) is 10.0 Å².